The molecule has 2 rings (SSSR count). The molecule has 0 bridgehead atoms. The van der Waals surface area contributed by atoms with E-state index in [9.17, 15) is 0 Å². The SMILES string of the molecule is Cc1nc(CN(C)CC2(CNC(C)(C)C)CCOC2)cs1. The monoisotopic (exact) mass is 311 g/mol. The highest BCUT2D eigenvalue weighted by Crippen LogP contribution is 2.30. The second-order valence-corrected chi connectivity index (χ2v) is 8.50. The van der Waals surface area contributed by atoms with E-state index < -0.39 is 0 Å². The lowest BCUT2D eigenvalue weighted by molar-refractivity contribution is 0.110. The highest BCUT2D eigenvalue weighted by Gasteiger charge is 2.36. The zero-order valence-corrected chi connectivity index (χ0v) is 14.8. The number of hydrogen-bond donors (Lipinski definition) is 1. The van der Waals surface area contributed by atoms with Crippen LogP contribution < -0.4 is 5.32 Å². The van der Waals surface area contributed by atoms with E-state index in [1.54, 1.807) is 11.3 Å². The van der Waals surface area contributed by atoms with Crippen molar-refractivity contribution in [1.29, 1.82) is 0 Å². The molecule has 4 nitrogen and oxygen atoms in total. The Morgan fingerprint density at radius 3 is 2.76 bits per heavy atom. The van der Waals surface area contributed by atoms with Gasteiger partial charge in [-0.2, -0.15) is 0 Å². The maximum Gasteiger partial charge on any atom is 0.0897 e. The van der Waals surface area contributed by atoms with Crippen molar-refractivity contribution in [3.8, 4) is 0 Å². The Balaban J connectivity index is 1.92. The van der Waals surface area contributed by atoms with Crippen LogP contribution in [-0.2, 0) is 11.3 Å². The molecule has 1 aromatic rings. The van der Waals surface area contributed by atoms with Crippen LogP contribution in [0.2, 0.25) is 0 Å². The lowest BCUT2D eigenvalue weighted by atomic mass is 9.85. The van der Waals surface area contributed by atoms with E-state index in [0.29, 0.717) is 0 Å². The van der Waals surface area contributed by atoms with E-state index in [2.05, 4.69) is 55.3 Å². The molecule has 0 aromatic carbocycles. The lowest BCUT2D eigenvalue weighted by Gasteiger charge is -2.35. The molecule has 1 aliphatic heterocycles. The molecule has 2 heterocycles. The second kappa shape index (κ2) is 6.73. The molecular weight excluding hydrogens is 282 g/mol. The van der Waals surface area contributed by atoms with Gasteiger partial charge >= 0.3 is 0 Å². The molecule has 0 saturated carbocycles. The molecular formula is C16H29N3OS. The number of ether oxygens (including phenoxy) is 1. The van der Waals surface area contributed by atoms with E-state index >= 15 is 0 Å². The van der Waals surface area contributed by atoms with E-state index in [1.807, 2.05) is 0 Å². The summed E-state index contributed by atoms with van der Waals surface area (Å²) in [7, 11) is 2.19. The maximum absolute atomic E-state index is 5.70. The predicted octanol–water partition coefficient (Wildman–Crippen LogP) is 2.68. The average Bonchev–Trinajstić information content (AvgIpc) is 2.96. The van der Waals surface area contributed by atoms with Gasteiger partial charge < -0.3 is 10.1 Å². The lowest BCUT2D eigenvalue weighted by Crippen LogP contribution is -2.48. The molecule has 0 spiro atoms. The molecule has 0 radical (unpaired) electrons. The third-order valence-electron chi connectivity index (χ3n) is 3.88. The Morgan fingerprint density at radius 1 is 1.48 bits per heavy atom. The Kier molecular flexibility index (Phi) is 5.41. The van der Waals surface area contributed by atoms with Gasteiger partial charge in [0.25, 0.3) is 0 Å². The fourth-order valence-electron chi connectivity index (χ4n) is 2.81. The first kappa shape index (κ1) is 16.9. The Bertz CT molecular complexity index is 447. The summed E-state index contributed by atoms with van der Waals surface area (Å²) in [5.41, 5.74) is 1.56. The first-order chi connectivity index (χ1) is 9.78. The smallest absolute Gasteiger partial charge is 0.0897 e. The van der Waals surface area contributed by atoms with Crippen LogP contribution in [0.3, 0.4) is 0 Å². The van der Waals surface area contributed by atoms with Crippen molar-refractivity contribution in [2.45, 2.75) is 46.2 Å². The Morgan fingerprint density at radius 2 is 2.24 bits per heavy atom. The fourth-order valence-corrected chi connectivity index (χ4v) is 3.41. The van der Waals surface area contributed by atoms with Gasteiger partial charge in [-0.15, -0.1) is 11.3 Å². The van der Waals surface area contributed by atoms with Crippen molar-refractivity contribution in [1.82, 2.24) is 15.2 Å². The number of thiazole rings is 1. The summed E-state index contributed by atoms with van der Waals surface area (Å²) in [6, 6.07) is 0. The Labute approximate surface area is 132 Å². The molecule has 120 valence electrons. The minimum absolute atomic E-state index is 0.153. The van der Waals surface area contributed by atoms with Crippen molar-refractivity contribution >= 4 is 11.3 Å². The van der Waals surface area contributed by atoms with Crippen LogP contribution in [-0.4, -0.2) is 48.8 Å². The van der Waals surface area contributed by atoms with Crippen LogP contribution in [0, 0.1) is 12.3 Å². The normalized spacial score (nSPS) is 23.1. The molecule has 0 amide bonds. The second-order valence-electron chi connectivity index (χ2n) is 7.44. The molecule has 1 saturated heterocycles. The topological polar surface area (TPSA) is 37.4 Å². The quantitative estimate of drug-likeness (QED) is 0.876. The minimum atomic E-state index is 0.153. The van der Waals surface area contributed by atoms with Gasteiger partial charge in [0.2, 0.25) is 0 Å². The summed E-state index contributed by atoms with van der Waals surface area (Å²) in [4.78, 5) is 6.95. The molecule has 1 aromatic heterocycles. The predicted molar refractivity (Wildman–Crippen MR) is 88.8 cm³/mol. The van der Waals surface area contributed by atoms with Crippen LogP contribution >= 0.6 is 11.3 Å². The summed E-state index contributed by atoms with van der Waals surface area (Å²) in [6.45, 7) is 13.4. The summed E-state index contributed by atoms with van der Waals surface area (Å²) in [5.74, 6) is 0. The third kappa shape index (κ3) is 5.33. The van der Waals surface area contributed by atoms with Gasteiger partial charge in [-0.05, 0) is 41.2 Å². The van der Waals surface area contributed by atoms with Gasteiger partial charge in [0.1, 0.15) is 0 Å². The average molecular weight is 311 g/mol. The van der Waals surface area contributed by atoms with Gasteiger partial charge in [-0.1, -0.05) is 0 Å². The summed E-state index contributed by atoms with van der Waals surface area (Å²) in [5, 5.41) is 6.97. The molecule has 1 aliphatic rings. The molecule has 1 unspecified atom stereocenters. The fraction of sp³-hybridized carbons (Fsp3) is 0.812. The van der Waals surface area contributed by atoms with Gasteiger partial charge in [-0.3, -0.25) is 4.90 Å². The molecule has 21 heavy (non-hydrogen) atoms. The number of nitrogens with one attached hydrogen (secondary N) is 1. The number of hydrogen-bond acceptors (Lipinski definition) is 5. The standard InChI is InChI=1S/C16H29N3OS/c1-13-18-14(9-21-13)8-19(5)11-16(6-7-20-12-16)10-17-15(2,3)4/h9,17H,6-8,10-12H2,1-5H3. The highest BCUT2D eigenvalue weighted by atomic mass is 32.1. The highest BCUT2D eigenvalue weighted by molar-refractivity contribution is 7.09. The van der Waals surface area contributed by atoms with Gasteiger partial charge in [0.15, 0.2) is 0 Å². The van der Waals surface area contributed by atoms with E-state index in [-0.39, 0.29) is 11.0 Å². The number of aryl methyl sites for hydroxylation is 1. The van der Waals surface area contributed by atoms with Crippen LogP contribution in [0.15, 0.2) is 5.38 Å². The van der Waals surface area contributed by atoms with Gasteiger partial charge in [-0.25, -0.2) is 4.98 Å². The first-order valence-electron chi connectivity index (χ1n) is 7.70. The largest absolute Gasteiger partial charge is 0.381 e. The van der Waals surface area contributed by atoms with Crippen LogP contribution in [0.4, 0.5) is 0 Å². The van der Waals surface area contributed by atoms with E-state index in [1.165, 1.54) is 5.69 Å². The number of rotatable bonds is 6. The summed E-state index contributed by atoms with van der Waals surface area (Å²) >= 11 is 1.73. The zero-order valence-electron chi connectivity index (χ0n) is 14.0. The minimum Gasteiger partial charge on any atom is -0.381 e. The zero-order chi connectivity index (χ0) is 15.5. The third-order valence-corrected chi connectivity index (χ3v) is 4.70. The van der Waals surface area contributed by atoms with Gasteiger partial charge in [0, 0.05) is 42.6 Å². The summed E-state index contributed by atoms with van der Waals surface area (Å²) < 4.78 is 5.70. The maximum atomic E-state index is 5.70. The molecule has 1 atom stereocenters. The van der Waals surface area contributed by atoms with Crippen molar-refractivity contribution in [2.24, 2.45) is 5.41 Å². The molecule has 0 aliphatic carbocycles. The summed E-state index contributed by atoms with van der Waals surface area (Å²) in [6.07, 6.45) is 1.14. The number of nitrogens with zero attached hydrogens (tertiary/aromatic N) is 2. The first-order valence-corrected chi connectivity index (χ1v) is 8.58. The van der Waals surface area contributed by atoms with Crippen molar-refractivity contribution < 1.29 is 4.74 Å². The van der Waals surface area contributed by atoms with Crippen LogP contribution in [0.1, 0.15) is 37.9 Å². The van der Waals surface area contributed by atoms with E-state index in [0.717, 1.165) is 44.3 Å². The molecule has 5 heteroatoms. The molecule has 1 N–H and O–H groups in total. The van der Waals surface area contributed by atoms with Crippen LogP contribution in [0.5, 0.6) is 0 Å². The van der Waals surface area contributed by atoms with Crippen molar-refractivity contribution in [3.63, 3.8) is 0 Å². The van der Waals surface area contributed by atoms with Gasteiger partial charge in [0.05, 0.1) is 17.3 Å². The molecule has 1 fully saturated rings. The number of aromatic nitrogens is 1. The van der Waals surface area contributed by atoms with Crippen molar-refractivity contribution in [2.75, 3.05) is 33.4 Å². The van der Waals surface area contributed by atoms with Crippen LogP contribution in [0.25, 0.3) is 0 Å². The van der Waals surface area contributed by atoms with Crippen molar-refractivity contribution in [3.05, 3.63) is 16.1 Å². The Hall–Kier alpha value is -0.490. The van der Waals surface area contributed by atoms with E-state index in [4.69, 9.17) is 4.74 Å².